The van der Waals surface area contributed by atoms with E-state index in [4.69, 9.17) is 5.73 Å². The van der Waals surface area contributed by atoms with Crippen molar-refractivity contribution in [1.29, 1.82) is 0 Å². The molecule has 0 radical (unpaired) electrons. The molecule has 0 aromatic carbocycles. The third-order valence-electron chi connectivity index (χ3n) is 4.05. The fraction of sp³-hybridized carbons (Fsp3) is 0.938. The molecule has 1 fully saturated rings. The monoisotopic (exact) mass is 283 g/mol. The van der Waals surface area contributed by atoms with Crippen LogP contribution in [0.15, 0.2) is 0 Å². The molecule has 118 valence electrons. The van der Waals surface area contributed by atoms with Crippen LogP contribution in [-0.4, -0.2) is 54.5 Å². The maximum atomic E-state index is 12.3. The standard InChI is InChI=1S/C16H33N3O/c1-5-14(7-8-17)18-9-6-10-19(12-11-18)15(20)13-16(2,3)4/h14H,5-13,17H2,1-4H3. The number of hydrogen-bond donors (Lipinski definition) is 1. The first-order chi connectivity index (χ1) is 9.37. The van der Waals surface area contributed by atoms with Gasteiger partial charge in [0.2, 0.25) is 5.91 Å². The molecule has 0 spiro atoms. The average molecular weight is 283 g/mol. The van der Waals surface area contributed by atoms with Gasteiger partial charge in [-0.1, -0.05) is 27.7 Å². The molecule has 1 atom stereocenters. The molecule has 1 amide bonds. The van der Waals surface area contributed by atoms with E-state index in [1.807, 2.05) is 0 Å². The van der Waals surface area contributed by atoms with Gasteiger partial charge in [0.25, 0.3) is 0 Å². The number of carbonyl (C=O) groups excluding carboxylic acids is 1. The Hall–Kier alpha value is -0.610. The first-order valence-electron chi connectivity index (χ1n) is 8.09. The summed E-state index contributed by atoms with van der Waals surface area (Å²) in [5.74, 6) is 0.311. The predicted octanol–water partition coefficient (Wildman–Crippen LogP) is 2.08. The smallest absolute Gasteiger partial charge is 0.223 e. The predicted molar refractivity (Wildman–Crippen MR) is 84.6 cm³/mol. The maximum absolute atomic E-state index is 12.3. The van der Waals surface area contributed by atoms with E-state index in [2.05, 4.69) is 37.5 Å². The molecular weight excluding hydrogens is 250 g/mol. The van der Waals surface area contributed by atoms with Gasteiger partial charge in [-0.3, -0.25) is 9.69 Å². The van der Waals surface area contributed by atoms with Gasteiger partial charge in [0.1, 0.15) is 0 Å². The van der Waals surface area contributed by atoms with Gasteiger partial charge in [0, 0.05) is 38.6 Å². The van der Waals surface area contributed by atoms with Crippen molar-refractivity contribution in [2.75, 3.05) is 32.7 Å². The minimum atomic E-state index is 0.0780. The third kappa shape index (κ3) is 5.80. The highest BCUT2D eigenvalue weighted by molar-refractivity contribution is 5.76. The number of amides is 1. The van der Waals surface area contributed by atoms with Crippen LogP contribution in [-0.2, 0) is 4.79 Å². The van der Waals surface area contributed by atoms with Gasteiger partial charge in [0.15, 0.2) is 0 Å². The van der Waals surface area contributed by atoms with Crippen molar-refractivity contribution in [2.24, 2.45) is 11.1 Å². The Morgan fingerprint density at radius 3 is 2.45 bits per heavy atom. The van der Waals surface area contributed by atoms with E-state index in [0.29, 0.717) is 18.4 Å². The molecule has 1 saturated heterocycles. The number of nitrogens with zero attached hydrogens (tertiary/aromatic N) is 2. The van der Waals surface area contributed by atoms with E-state index in [1.54, 1.807) is 0 Å². The highest BCUT2D eigenvalue weighted by atomic mass is 16.2. The second-order valence-electron chi connectivity index (χ2n) is 7.15. The molecule has 1 unspecified atom stereocenters. The fourth-order valence-corrected chi connectivity index (χ4v) is 2.95. The van der Waals surface area contributed by atoms with Gasteiger partial charge in [-0.15, -0.1) is 0 Å². The lowest BCUT2D eigenvalue weighted by Gasteiger charge is -2.30. The number of nitrogens with two attached hydrogens (primary N) is 1. The number of hydrogen-bond acceptors (Lipinski definition) is 3. The van der Waals surface area contributed by atoms with E-state index >= 15 is 0 Å². The van der Waals surface area contributed by atoms with Crippen molar-refractivity contribution in [3.05, 3.63) is 0 Å². The van der Waals surface area contributed by atoms with Gasteiger partial charge >= 0.3 is 0 Å². The van der Waals surface area contributed by atoms with Crippen LogP contribution in [0.5, 0.6) is 0 Å². The Bertz CT molecular complexity index is 299. The topological polar surface area (TPSA) is 49.6 Å². The zero-order valence-corrected chi connectivity index (χ0v) is 13.8. The molecule has 4 heteroatoms. The van der Waals surface area contributed by atoms with Crippen LogP contribution in [0, 0.1) is 5.41 Å². The van der Waals surface area contributed by atoms with Crippen molar-refractivity contribution in [2.45, 2.75) is 59.4 Å². The molecule has 2 N–H and O–H groups in total. The molecule has 1 aliphatic rings. The van der Waals surface area contributed by atoms with Gasteiger partial charge in [-0.25, -0.2) is 0 Å². The van der Waals surface area contributed by atoms with Crippen LogP contribution in [0.3, 0.4) is 0 Å². The SMILES string of the molecule is CCC(CCN)N1CCCN(C(=O)CC(C)(C)C)CC1. The van der Waals surface area contributed by atoms with E-state index in [0.717, 1.165) is 52.0 Å². The summed E-state index contributed by atoms with van der Waals surface area (Å²) in [5.41, 5.74) is 5.78. The Kier molecular flexibility index (Phi) is 6.96. The van der Waals surface area contributed by atoms with E-state index in [-0.39, 0.29) is 5.41 Å². The van der Waals surface area contributed by atoms with E-state index in [1.165, 1.54) is 0 Å². The molecule has 0 aliphatic carbocycles. The van der Waals surface area contributed by atoms with Crippen molar-refractivity contribution in [1.82, 2.24) is 9.80 Å². The lowest BCUT2D eigenvalue weighted by molar-refractivity contribution is -0.133. The largest absolute Gasteiger partial charge is 0.341 e. The molecule has 20 heavy (non-hydrogen) atoms. The molecule has 1 aliphatic heterocycles. The van der Waals surface area contributed by atoms with Crippen LogP contribution in [0.2, 0.25) is 0 Å². The van der Waals surface area contributed by atoms with Gasteiger partial charge < -0.3 is 10.6 Å². The van der Waals surface area contributed by atoms with Crippen LogP contribution in [0.1, 0.15) is 53.4 Å². The molecule has 1 heterocycles. The zero-order valence-electron chi connectivity index (χ0n) is 13.8. The van der Waals surface area contributed by atoms with Crippen LogP contribution < -0.4 is 5.73 Å². The molecule has 4 nitrogen and oxygen atoms in total. The molecule has 1 rings (SSSR count). The molecule has 0 saturated carbocycles. The normalized spacial score (nSPS) is 19.8. The van der Waals surface area contributed by atoms with E-state index in [9.17, 15) is 4.79 Å². The Morgan fingerprint density at radius 1 is 1.20 bits per heavy atom. The molecular formula is C16H33N3O. The fourth-order valence-electron chi connectivity index (χ4n) is 2.95. The Labute approximate surface area is 124 Å². The summed E-state index contributed by atoms with van der Waals surface area (Å²) in [5, 5.41) is 0. The van der Waals surface area contributed by atoms with E-state index < -0.39 is 0 Å². The first-order valence-corrected chi connectivity index (χ1v) is 8.09. The van der Waals surface area contributed by atoms with Gasteiger partial charge in [-0.05, 0) is 31.2 Å². The average Bonchev–Trinajstić information content (AvgIpc) is 2.59. The minimum absolute atomic E-state index is 0.0780. The summed E-state index contributed by atoms with van der Waals surface area (Å²) in [4.78, 5) is 16.9. The number of rotatable bonds is 5. The second-order valence-corrected chi connectivity index (χ2v) is 7.15. The third-order valence-corrected chi connectivity index (χ3v) is 4.05. The Morgan fingerprint density at radius 2 is 1.90 bits per heavy atom. The minimum Gasteiger partial charge on any atom is -0.341 e. The molecule has 0 bridgehead atoms. The van der Waals surface area contributed by atoms with Crippen molar-refractivity contribution in [3.8, 4) is 0 Å². The number of carbonyl (C=O) groups is 1. The highest BCUT2D eigenvalue weighted by Crippen LogP contribution is 2.21. The summed E-state index contributed by atoms with van der Waals surface area (Å²) in [6.07, 6.45) is 3.93. The van der Waals surface area contributed by atoms with Crippen LogP contribution in [0.25, 0.3) is 0 Å². The van der Waals surface area contributed by atoms with Crippen LogP contribution >= 0.6 is 0 Å². The lowest BCUT2D eigenvalue weighted by atomic mass is 9.91. The molecule has 0 aromatic heterocycles. The summed E-state index contributed by atoms with van der Waals surface area (Å²) in [7, 11) is 0. The lowest BCUT2D eigenvalue weighted by Crippen LogP contribution is -2.40. The summed E-state index contributed by atoms with van der Waals surface area (Å²) < 4.78 is 0. The quantitative estimate of drug-likeness (QED) is 0.840. The highest BCUT2D eigenvalue weighted by Gasteiger charge is 2.25. The van der Waals surface area contributed by atoms with Gasteiger partial charge in [0.05, 0.1) is 0 Å². The maximum Gasteiger partial charge on any atom is 0.223 e. The summed E-state index contributed by atoms with van der Waals surface area (Å²) >= 11 is 0. The first kappa shape index (κ1) is 17.4. The zero-order chi connectivity index (χ0) is 15.2. The van der Waals surface area contributed by atoms with Gasteiger partial charge in [-0.2, -0.15) is 0 Å². The van der Waals surface area contributed by atoms with Crippen molar-refractivity contribution in [3.63, 3.8) is 0 Å². The summed E-state index contributed by atoms with van der Waals surface area (Å²) in [6.45, 7) is 13.2. The molecule has 0 aromatic rings. The van der Waals surface area contributed by atoms with Crippen molar-refractivity contribution < 1.29 is 4.79 Å². The van der Waals surface area contributed by atoms with Crippen molar-refractivity contribution >= 4 is 5.91 Å². The second kappa shape index (κ2) is 7.99. The van der Waals surface area contributed by atoms with Crippen LogP contribution in [0.4, 0.5) is 0 Å². The summed E-state index contributed by atoms with van der Waals surface area (Å²) in [6, 6.07) is 0.581. The Balaban J connectivity index is 2.52.